The first-order chi connectivity index (χ1) is 11.3. The molecule has 5 nitrogen and oxygen atoms in total. The SMILES string of the molecule is CC[C@@H](C)c1ccc(S(=O)(=O)N(C)Cc2nn(CC)cc2Br)cc1. The van der Waals surface area contributed by atoms with E-state index >= 15 is 0 Å². The van der Waals surface area contributed by atoms with Gasteiger partial charge in [-0.05, 0) is 52.9 Å². The van der Waals surface area contributed by atoms with E-state index in [0.29, 0.717) is 16.5 Å². The Morgan fingerprint density at radius 3 is 2.38 bits per heavy atom. The van der Waals surface area contributed by atoms with Gasteiger partial charge in [0.15, 0.2) is 0 Å². The van der Waals surface area contributed by atoms with E-state index < -0.39 is 10.0 Å². The van der Waals surface area contributed by atoms with Crippen molar-refractivity contribution >= 4 is 26.0 Å². The van der Waals surface area contributed by atoms with Crippen LogP contribution in [-0.2, 0) is 23.1 Å². The largest absolute Gasteiger partial charge is 0.272 e. The van der Waals surface area contributed by atoms with Gasteiger partial charge in [-0.15, -0.1) is 0 Å². The van der Waals surface area contributed by atoms with Crippen LogP contribution in [0.15, 0.2) is 39.8 Å². The van der Waals surface area contributed by atoms with E-state index in [1.807, 2.05) is 25.3 Å². The third-order valence-corrected chi connectivity index (χ3v) is 6.73. The Balaban J connectivity index is 2.20. The topological polar surface area (TPSA) is 55.2 Å². The van der Waals surface area contributed by atoms with Crippen LogP contribution >= 0.6 is 15.9 Å². The standard InChI is InChI=1S/C17H24BrN3O2S/c1-5-13(3)14-7-9-15(10-8-14)24(22,23)20(4)12-17-16(18)11-21(6-2)19-17/h7-11,13H,5-6,12H2,1-4H3/t13-/m1/s1. The molecule has 0 unspecified atom stereocenters. The maximum absolute atomic E-state index is 12.8. The van der Waals surface area contributed by atoms with Crippen molar-refractivity contribution in [2.75, 3.05) is 7.05 Å². The van der Waals surface area contributed by atoms with Crippen molar-refractivity contribution in [2.45, 2.75) is 51.1 Å². The predicted molar refractivity (Wildman–Crippen MR) is 99.4 cm³/mol. The van der Waals surface area contributed by atoms with Crippen LogP contribution in [0.5, 0.6) is 0 Å². The minimum Gasteiger partial charge on any atom is -0.272 e. The van der Waals surface area contributed by atoms with E-state index in [9.17, 15) is 8.42 Å². The van der Waals surface area contributed by atoms with E-state index in [0.717, 1.165) is 23.0 Å². The molecule has 2 aromatic rings. The Morgan fingerprint density at radius 2 is 1.88 bits per heavy atom. The van der Waals surface area contributed by atoms with Gasteiger partial charge < -0.3 is 0 Å². The Bertz CT molecular complexity index is 785. The highest BCUT2D eigenvalue weighted by Crippen LogP contribution is 2.24. The van der Waals surface area contributed by atoms with Crippen LogP contribution in [0, 0.1) is 0 Å². The van der Waals surface area contributed by atoms with Crippen molar-refractivity contribution < 1.29 is 8.42 Å². The lowest BCUT2D eigenvalue weighted by molar-refractivity contribution is 0.458. The number of hydrogen-bond acceptors (Lipinski definition) is 3. The molecule has 0 aliphatic heterocycles. The number of benzene rings is 1. The Hall–Kier alpha value is -1.18. The van der Waals surface area contributed by atoms with Crippen LogP contribution in [0.1, 0.15) is 44.4 Å². The summed E-state index contributed by atoms with van der Waals surface area (Å²) in [7, 11) is -1.96. The highest BCUT2D eigenvalue weighted by Gasteiger charge is 2.23. The summed E-state index contributed by atoms with van der Waals surface area (Å²) in [4.78, 5) is 0.308. The van der Waals surface area contributed by atoms with Gasteiger partial charge in [-0.1, -0.05) is 26.0 Å². The zero-order valence-electron chi connectivity index (χ0n) is 14.5. The van der Waals surface area contributed by atoms with Gasteiger partial charge >= 0.3 is 0 Å². The van der Waals surface area contributed by atoms with Crippen molar-refractivity contribution in [2.24, 2.45) is 0 Å². The second-order valence-electron chi connectivity index (χ2n) is 5.92. The quantitative estimate of drug-likeness (QED) is 0.688. The highest BCUT2D eigenvalue weighted by atomic mass is 79.9. The molecule has 0 saturated heterocycles. The summed E-state index contributed by atoms with van der Waals surface area (Å²) in [6.07, 6.45) is 2.89. The molecule has 0 fully saturated rings. The van der Waals surface area contributed by atoms with Crippen LogP contribution in [-0.4, -0.2) is 29.6 Å². The molecule has 0 amide bonds. The van der Waals surface area contributed by atoms with Gasteiger partial charge in [0.2, 0.25) is 10.0 Å². The molecule has 132 valence electrons. The summed E-state index contributed by atoms with van der Waals surface area (Å²) in [5.74, 6) is 0.424. The normalized spacial score (nSPS) is 13.4. The lowest BCUT2D eigenvalue weighted by Gasteiger charge is -2.17. The number of sulfonamides is 1. The summed E-state index contributed by atoms with van der Waals surface area (Å²) in [6, 6.07) is 7.17. The van der Waals surface area contributed by atoms with E-state index in [-0.39, 0.29) is 6.54 Å². The summed E-state index contributed by atoms with van der Waals surface area (Å²) in [6.45, 7) is 7.21. The molecule has 1 heterocycles. The molecule has 1 aromatic heterocycles. The summed E-state index contributed by atoms with van der Waals surface area (Å²) >= 11 is 3.44. The minimum absolute atomic E-state index is 0.225. The molecule has 0 saturated carbocycles. The van der Waals surface area contributed by atoms with Gasteiger partial charge in [0.05, 0.1) is 21.6 Å². The van der Waals surface area contributed by atoms with Gasteiger partial charge in [-0.25, -0.2) is 8.42 Å². The number of nitrogens with zero attached hydrogens (tertiary/aromatic N) is 3. The number of rotatable bonds is 7. The molecule has 7 heteroatoms. The van der Waals surface area contributed by atoms with E-state index in [1.165, 1.54) is 4.31 Å². The first-order valence-electron chi connectivity index (χ1n) is 8.07. The molecule has 24 heavy (non-hydrogen) atoms. The highest BCUT2D eigenvalue weighted by molar-refractivity contribution is 9.10. The fourth-order valence-electron chi connectivity index (χ4n) is 2.39. The van der Waals surface area contributed by atoms with Crippen molar-refractivity contribution in [1.82, 2.24) is 14.1 Å². The Labute approximate surface area is 152 Å². The van der Waals surface area contributed by atoms with Crippen LogP contribution in [0.4, 0.5) is 0 Å². The smallest absolute Gasteiger partial charge is 0.243 e. The minimum atomic E-state index is -3.54. The fraction of sp³-hybridized carbons (Fsp3) is 0.471. The van der Waals surface area contributed by atoms with Gasteiger partial charge in [0.25, 0.3) is 0 Å². The maximum Gasteiger partial charge on any atom is 0.243 e. The molecule has 0 aliphatic rings. The third-order valence-electron chi connectivity index (χ3n) is 4.25. The average molecular weight is 414 g/mol. The van der Waals surface area contributed by atoms with E-state index in [2.05, 4.69) is 34.9 Å². The summed E-state index contributed by atoms with van der Waals surface area (Å²) in [5, 5.41) is 4.39. The molecule has 1 atom stereocenters. The second kappa shape index (κ2) is 7.80. The van der Waals surface area contributed by atoms with E-state index in [4.69, 9.17) is 0 Å². The van der Waals surface area contributed by atoms with Crippen LogP contribution in [0.3, 0.4) is 0 Å². The molecular weight excluding hydrogens is 390 g/mol. The number of aryl methyl sites for hydroxylation is 1. The molecule has 0 radical (unpaired) electrons. The lowest BCUT2D eigenvalue weighted by atomic mass is 9.99. The van der Waals surface area contributed by atoms with Gasteiger partial charge in [0.1, 0.15) is 0 Å². The first-order valence-corrected chi connectivity index (χ1v) is 10.3. The molecular formula is C17H24BrN3O2S. The zero-order valence-corrected chi connectivity index (χ0v) is 16.9. The summed E-state index contributed by atoms with van der Waals surface area (Å²) < 4.78 is 29.4. The number of halogens is 1. The first kappa shape index (κ1) is 19.1. The molecule has 0 aliphatic carbocycles. The fourth-order valence-corrected chi connectivity index (χ4v) is 3.96. The Kier molecular flexibility index (Phi) is 6.22. The van der Waals surface area contributed by atoms with Crippen molar-refractivity contribution in [1.29, 1.82) is 0 Å². The second-order valence-corrected chi connectivity index (χ2v) is 8.82. The maximum atomic E-state index is 12.8. The van der Waals surface area contributed by atoms with Crippen molar-refractivity contribution in [3.8, 4) is 0 Å². The molecule has 2 rings (SSSR count). The number of hydrogen-bond donors (Lipinski definition) is 0. The molecule has 0 bridgehead atoms. The molecule has 0 spiro atoms. The van der Waals surface area contributed by atoms with Gasteiger partial charge in [-0.3, -0.25) is 4.68 Å². The van der Waals surface area contributed by atoms with Gasteiger partial charge in [0, 0.05) is 19.8 Å². The predicted octanol–water partition coefficient (Wildman–Crippen LogP) is 4.00. The Morgan fingerprint density at radius 1 is 1.25 bits per heavy atom. The molecule has 0 N–H and O–H groups in total. The van der Waals surface area contributed by atoms with Crippen LogP contribution in [0.2, 0.25) is 0 Å². The molecule has 1 aromatic carbocycles. The van der Waals surface area contributed by atoms with Crippen LogP contribution < -0.4 is 0 Å². The summed E-state index contributed by atoms with van der Waals surface area (Å²) in [5.41, 5.74) is 1.86. The van der Waals surface area contributed by atoms with Crippen molar-refractivity contribution in [3.05, 3.63) is 46.2 Å². The van der Waals surface area contributed by atoms with Crippen molar-refractivity contribution in [3.63, 3.8) is 0 Å². The van der Waals surface area contributed by atoms with Gasteiger partial charge in [-0.2, -0.15) is 9.40 Å². The zero-order chi connectivity index (χ0) is 17.9. The average Bonchev–Trinajstić information content (AvgIpc) is 2.94. The van der Waals surface area contributed by atoms with E-state index in [1.54, 1.807) is 23.9 Å². The number of aromatic nitrogens is 2. The van der Waals surface area contributed by atoms with Crippen LogP contribution in [0.25, 0.3) is 0 Å². The monoisotopic (exact) mass is 413 g/mol. The third kappa shape index (κ3) is 4.07. The lowest BCUT2D eigenvalue weighted by Crippen LogP contribution is -2.27.